The smallest absolute Gasteiger partial charge is 0.203 e. The summed E-state index contributed by atoms with van der Waals surface area (Å²) in [7, 11) is 4.84. The predicted molar refractivity (Wildman–Crippen MR) is 143 cm³/mol. The van der Waals surface area contributed by atoms with E-state index >= 15 is 0 Å². The Kier molecular flexibility index (Phi) is 9.80. The molecule has 1 heterocycles. The van der Waals surface area contributed by atoms with Crippen molar-refractivity contribution in [3.63, 3.8) is 0 Å². The van der Waals surface area contributed by atoms with Gasteiger partial charge in [0.1, 0.15) is 0 Å². The van der Waals surface area contributed by atoms with Gasteiger partial charge < -0.3 is 19.3 Å². The van der Waals surface area contributed by atoms with E-state index in [4.69, 9.17) is 14.2 Å². The van der Waals surface area contributed by atoms with Crippen molar-refractivity contribution in [2.24, 2.45) is 0 Å². The van der Waals surface area contributed by atoms with Crippen LogP contribution in [0.1, 0.15) is 47.8 Å². The zero-order valence-corrected chi connectivity index (χ0v) is 21.2. The average Bonchev–Trinajstić information content (AvgIpc) is 3.30. The van der Waals surface area contributed by atoms with Gasteiger partial charge in [0.2, 0.25) is 5.75 Å². The molecule has 0 aliphatic rings. The molecular weight excluding hydrogens is 444 g/mol. The Labute approximate surface area is 206 Å². The molecule has 0 fully saturated rings. The lowest BCUT2D eigenvalue weighted by Gasteiger charge is -2.12. The van der Waals surface area contributed by atoms with Gasteiger partial charge in [0, 0.05) is 9.58 Å². The van der Waals surface area contributed by atoms with E-state index in [0.29, 0.717) is 17.2 Å². The van der Waals surface area contributed by atoms with Crippen LogP contribution in [0.2, 0.25) is 0 Å². The van der Waals surface area contributed by atoms with Gasteiger partial charge >= 0.3 is 0 Å². The molecule has 1 aromatic heterocycles. The largest absolute Gasteiger partial charge is 0.493 e. The summed E-state index contributed by atoms with van der Waals surface area (Å²) in [5.74, 6) is 1.90. The van der Waals surface area contributed by atoms with Crippen LogP contribution in [-0.4, -0.2) is 26.4 Å². The average molecular weight is 479 g/mol. The molecule has 0 saturated carbocycles. The van der Waals surface area contributed by atoms with Crippen LogP contribution in [0, 0.1) is 6.92 Å². The minimum absolute atomic E-state index is 0.411. The van der Waals surface area contributed by atoms with Crippen LogP contribution >= 0.6 is 11.3 Å². The maximum Gasteiger partial charge on any atom is 0.203 e. The zero-order valence-electron chi connectivity index (χ0n) is 20.4. The van der Waals surface area contributed by atoms with Crippen LogP contribution < -0.4 is 14.2 Å². The highest BCUT2D eigenvalue weighted by molar-refractivity contribution is 7.19. The van der Waals surface area contributed by atoms with Gasteiger partial charge in [0.15, 0.2) is 11.5 Å². The zero-order chi connectivity index (χ0) is 24.3. The monoisotopic (exact) mass is 478 g/mol. The van der Waals surface area contributed by atoms with E-state index in [1.165, 1.54) is 15.6 Å². The fourth-order valence-electron chi connectivity index (χ4n) is 3.75. The number of benzene rings is 2. The van der Waals surface area contributed by atoms with Crippen LogP contribution in [0.15, 0.2) is 66.8 Å². The van der Waals surface area contributed by atoms with Gasteiger partial charge in [0.25, 0.3) is 0 Å². The Hall–Kier alpha value is -3.02. The molecule has 0 radical (unpaired) electrons. The van der Waals surface area contributed by atoms with Crippen molar-refractivity contribution >= 4 is 27.5 Å². The lowest BCUT2D eigenvalue weighted by molar-refractivity contribution is 0.172. The van der Waals surface area contributed by atoms with E-state index < -0.39 is 6.10 Å². The third-order valence-corrected chi connectivity index (χ3v) is 6.82. The number of unbranched alkanes of at least 4 members (excludes halogenated alkanes) is 1. The number of aliphatic hydroxyl groups excluding tert-OH is 1. The molecule has 0 aliphatic carbocycles. The number of hydrogen-bond acceptors (Lipinski definition) is 5. The van der Waals surface area contributed by atoms with E-state index in [1.807, 2.05) is 12.1 Å². The number of aryl methyl sites for hydroxylation is 1. The van der Waals surface area contributed by atoms with Crippen molar-refractivity contribution in [2.45, 2.75) is 38.7 Å². The first-order valence-corrected chi connectivity index (χ1v) is 12.3. The number of allylic oxidation sites excluding steroid dienone is 5. The first kappa shape index (κ1) is 25.6. The molecule has 34 heavy (non-hydrogen) atoms. The normalized spacial score (nSPS) is 12.9. The molecule has 180 valence electrons. The third-order valence-electron chi connectivity index (χ3n) is 5.61. The van der Waals surface area contributed by atoms with Crippen LogP contribution in [0.25, 0.3) is 16.2 Å². The van der Waals surface area contributed by atoms with Crippen molar-refractivity contribution in [3.05, 3.63) is 82.8 Å². The van der Waals surface area contributed by atoms with Gasteiger partial charge in [-0.2, -0.15) is 0 Å². The number of fused-ring (bicyclic) bond motifs is 1. The molecule has 3 rings (SSSR count). The van der Waals surface area contributed by atoms with Gasteiger partial charge in [0.05, 0.1) is 27.4 Å². The predicted octanol–water partition coefficient (Wildman–Crippen LogP) is 7.66. The summed E-state index contributed by atoms with van der Waals surface area (Å²) in [6.45, 7) is 2.11. The molecule has 0 amide bonds. The van der Waals surface area contributed by atoms with Crippen molar-refractivity contribution in [1.29, 1.82) is 0 Å². The van der Waals surface area contributed by atoms with E-state index in [1.54, 1.807) is 32.7 Å². The fraction of sp³-hybridized carbons (Fsp3) is 0.310. The molecule has 2 aromatic carbocycles. The summed E-state index contributed by atoms with van der Waals surface area (Å²) in [5.41, 5.74) is 2.27. The first-order valence-electron chi connectivity index (χ1n) is 11.5. The highest BCUT2D eigenvalue weighted by Gasteiger charge is 2.12. The van der Waals surface area contributed by atoms with Crippen LogP contribution in [0.4, 0.5) is 0 Å². The Balaban J connectivity index is 1.40. The second kappa shape index (κ2) is 13.0. The van der Waals surface area contributed by atoms with Gasteiger partial charge in [-0.15, -0.1) is 11.3 Å². The van der Waals surface area contributed by atoms with Crippen molar-refractivity contribution in [2.75, 3.05) is 21.3 Å². The standard InChI is InChI=1S/C29H34O4S/c1-21-14-13-17-27-23(21)20-28(34-27)24(30)16-12-10-8-6-5-7-9-11-15-22-18-25(31-2)29(33-4)26(19-22)32-3/h5-6,8,10-11,13-15,17-20,24,30H,7,9,12,16H2,1-4H3/b6-5?,10-8?,15-11-. The molecular formula is C29H34O4S. The Morgan fingerprint density at radius 2 is 1.56 bits per heavy atom. The van der Waals surface area contributed by atoms with Gasteiger partial charge in [-0.1, -0.05) is 48.6 Å². The second-order valence-corrected chi connectivity index (χ2v) is 9.14. The molecule has 0 saturated heterocycles. The topological polar surface area (TPSA) is 47.9 Å². The minimum atomic E-state index is -0.411. The van der Waals surface area contributed by atoms with Gasteiger partial charge in [-0.25, -0.2) is 0 Å². The molecule has 5 heteroatoms. The molecule has 0 aliphatic heterocycles. The molecule has 0 bridgehead atoms. The van der Waals surface area contributed by atoms with E-state index in [2.05, 4.69) is 67.6 Å². The first-order chi connectivity index (χ1) is 16.6. The number of thiophene rings is 1. The van der Waals surface area contributed by atoms with E-state index in [9.17, 15) is 5.11 Å². The lowest BCUT2D eigenvalue weighted by atomic mass is 10.1. The Morgan fingerprint density at radius 1 is 0.882 bits per heavy atom. The summed E-state index contributed by atoms with van der Waals surface area (Å²) in [5, 5.41) is 11.8. The molecule has 1 N–H and O–H groups in total. The number of aliphatic hydroxyl groups is 1. The van der Waals surface area contributed by atoms with Crippen LogP contribution in [0.3, 0.4) is 0 Å². The quantitative estimate of drug-likeness (QED) is 0.214. The number of ether oxygens (including phenoxy) is 3. The summed E-state index contributed by atoms with van der Waals surface area (Å²) >= 11 is 1.69. The molecule has 0 spiro atoms. The maximum absolute atomic E-state index is 10.5. The number of hydrogen-bond donors (Lipinski definition) is 1. The molecule has 4 nitrogen and oxygen atoms in total. The number of methoxy groups -OCH3 is 3. The highest BCUT2D eigenvalue weighted by Crippen LogP contribution is 2.38. The molecule has 1 atom stereocenters. The fourth-order valence-corrected chi connectivity index (χ4v) is 4.91. The maximum atomic E-state index is 10.5. The molecule has 3 aromatic rings. The number of rotatable bonds is 12. The lowest BCUT2D eigenvalue weighted by Crippen LogP contribution is -1.95. The summed E-state index contributed by atoms with van der Waals surface area (Å²) in [4.78, 5) is 1.05. The van der Waals surface area contributed by atoms with Crippen molar-refractivity contribution in [1.82, 2.24) is 0 Å². The van der Waals surface area contributed by atoms with Crippen molar-refractivity contribution in [3.8, 4) is 17.2 Å². The summed E-state index contributed by atoms with van der Waals surface area (Å²) < 4.78 is 17.4. The summed E-state index contributed by atoms with van der Waals surface area (Å²) in [6, 6.07) is 12.3. The van der Waals surface area contributed by atoms with Crippen molar-refractivity contribution < 1.29 is 19.3 Å². The second-order valence-electron chi connectivity index (χ2n) is 8.02. The Morgan fingerprint density at radius 3 is 2.21 bits per heavy atom. The van der Waals surface area contributed by atoms with E-state index in [-0.39, 0.29) is 0 Å². The van der Waals surface area contributed by atoms with Gasteiger partial charge in [-0.05, 0) is 73.4 Å². The van der Waals surface area contributed by atoms with Crippen LogP contribution in [0.5, 0.6) is 17.2 Å². The Bertz CT molecular complexity index is 1130. The molecule has 1 unspecified atom stereocenters. The van der Waals surface area contributed by atoms with Gasteiger partial charge in [-0.3, -0.25) is 0 Å². The highest BCUT2D eigenvalue weighted by atomic mass is 32.1. The summed E-state index contributed by atoms with van der Waals surface area (Å²) in [6.07, 6.45) is 15.7. The SMILES string of the molecule is COc1cc(/C=C\CCC=CC=CCCC(O)c2cc3c(C)cccc3s2)cc(OC)c1OC. The van der Waals surface area contributed by atoms with E-state index in [0.717, 1.165) is 36.1 Å². The minimum Gasteiger partial charge on any atom is -0.493 e. The third kappa shape index (κ3) is 6.75. The van der Waals surface area contributed by atoms with Crippen LogP contribution in [-0.2, 0) is 0 Å².